The van der Waals surface area contributed by atoms with Crippen molar-refractivity contribution in [2.45, 2.75) is 24.5 Å². The molecule has 1 saturated heterocycles. The van der Waals surface area contributed by atoms with Gasteiger partial charge in [0.05, 0.1) is 13.2 Å². The Bertz CT molecular complexity index is 1170. The van der Waals surface area contributed by atoms with E-state index in [0.29, 0.717) is 5.75 Å². The van der Waals surface area contributed by atoms with Crippen LogP contribution < -0.4 is 45.3 Å². The number of hydrogen-bond acceptors (Lipinski definition) is 9. The van der Waals surface area contributed by atoms with Crippen LogP contribution in [0.4, 0.5) is 0 Å². The molecule has 0 radical (unpaired) electrons. The largest absolute Gasteiger partial charge is 1.00 e. The quantitative estimate of drug-likeness (QED) is 0.0574. The maximum atomic E-state index is 12.6. The van der Waals surface area contributed by atoms with Crippen molar-refractivity contribution in [3.8, 4) is 11.5 Å². The fraction of sp³-hybridized carbons (Fsp3) is 0.261. The van der Waals surface area contributed by atoms with Gasteiger partial charge < -0.3 is 41.2 Å². The van der Waals surface area contributed by atoms with Gasteiger partial charge in [-0.3, -0.25) is 14.4 Å². The Balaban J connectivity index is 0.00000481. The van der Waals surface area contributed by atoms with Gasteiger partial charge in [-0.1, -0.05) is 17.3 Å². The van der Waals surface area contributed by atoms with E-state index < -0.39 is 41.9 Å². The summed E-state index contributed by atoms with van der Waals surface area (Å²) in [7, 11) is 0. The first-order valence-electron chi connectivity index (χ1n) is 10.7. The Labute approximate surface area is 232 Å². The molecule has 14 heteroatoms. The zero-order chi connectivity index (χ0) is 26.4. The van der Waals surface area contributed by atoms with Crippen LogP contribution in [-0.2, 0) is 19.2 Å². The summed E-state index contributed by atoms with van der Waals surface area (Å²) in [5.41, 5.74) is 5.51. The van der Waals surface area contributed by atoms with E-state index in [1.54, 1.807) is 0 Å². The molecule has 2 aromatic carbocycles. The number of nitrogens with two attached hydrogens (primary N) is 1. The van der Waals surface area contributed by atoms with Gasteiger partial charge in [-0.15, -0.1) is 0 Å². The van der Waals surface area contributed by atoms with Crippen LogP contribution in [0.3, 0.4) is 0 Å². The number of β-lactam (4-membered cyclic amide) rings is 1. The average molecular weight is 523 g/mol. The number of oxime groups is 1. The number of carbonyl (C=O) groups is 4. The molecule has 1 aliphatic rings. The number of carboxylic acid groups (broad SMARTS) is 2. The summed E-state index contributed by atoms with van der Waals surface area (Å²) in [4.78, 5) is 48.8. The molecule has 0 unspecified atom stereocenters. The van der Waals surface area contributed by atoms with E-state index in [1.807, 2.05) is 0 Å². The number of rotatable bonds is 11. The SMILES string of the molecule is N[C@H](CCOc1ccc(/C(=N/O)C(=O)N[C@H]2CN([C@@H](C(=O)O)c3ccc(O)cc3)C2=O)cc1)C(=O)O.[Na+]. The minimum Gasteiger partial charge on any atom is -0.508 e. The van der Waals surface area contributed by atoms with E-state index in [9.17, 15) is 34.6 Å². The average Bonchev–Trinajstić information content (AvgIpc) is 2.85. The van der Waals surface area contributed by atoms with Crippen LogP contribution >= 0.6 is 0 Å². The molecule has 1 aliphatic heterocycles. The van der Waals surface area contributed by atoms with Gasteiger partial charge in [0.2, 0.25) is 5.91 Å². The normalized spacial score (nSPS) is 16.6. The Hall–Kier alpha value is -3.65. The van der Waals surface area contributed by atoms with Gasteiger partial charge in [0, 0.05) is 12.0 Å². The van der Waals surface area contributed by atoms with Gasteiger partial charge in [0.25, 0.3) is 5.91 Å². The summed E-state index contributed by atoms with van der Waals surface area (Å²) in [5, 5.41) is 42.5. The topological polar surface area (TPSA) is 212 Å². The number of nitrogens with zero attached hydrogens (tertiary/aromatic N) is 2. The van der Waals surface area contributed by atoms with Gasteiger partial charge in [-0.05, 0) is 42.0 Å². The molecule has 2 amide bonds. The Morgan fingerprint density at radius 1 is 1.08 bits per heavy atom. The van der Waals surface area contributed by atoms with Gasteiger partial charge in [-0.25, -0.2) is 4.79 Å². The molecule has 1 fully saturated rings. The van der Waals surface area contributed by atoms with Crippen molar-refractivity contribution < 1.29 is 74.0 Å². The number of ether oxygens (including phenoxy) is 1. The van der Waals surface area contributed by atoms with Crippen LogP contribution in [-0.4, -0.2) is 80.1 Å². The number of hydrogen-bond donors (Lipinski definition) is 6. The molecule has 3 atom stereocenters. The number of aliphatic carboxylic acids is 2. The third-order valence-electron chi connectivity index (χ3n) is 5.48. The molecule has 7 N–H and O–H groups in total. The molecule has 2 aromatic rings. The number of amides is 2. The number of phenolic OH excluding ortho intramolecular Hbond substituents is 1. The number of aromatic hydroxyl groups is 1. The molecule has 0 aromatic heterocycles. The summed E-state index contributed by atoms with van der Waals surface area (Å²) in [6, 6.07) is 7.83. The Kier molecular flexibility index (Phi) is 10.4. The monoisotopic (exact) mass is 523 g/mol. The minimum atomic E-state index is -1.30. The summed E-state index contributed by atoms with van der Waals surface area (Å²) in [6.45, 7) is -0.0393. The molecule has 0 aliphatic carbocycles. The van der Waals surface area contributed by atoms with Crippen LogP contribution in [0.1, 0.15) is 23.6 Å². The first-order valence-corrected chi connectivity index (χ1v) is 10.7. The second-order valence-electron chi connectivity index (χ2n) is 7.90. The van der Waals surface area contributed by atoms with Crippen molar-refractivity contribution in [3.05, 3.63) is 59.7 Å². The molecule has 3 rings (SSSR count). The third kappa shape index (κ3) is 7.20. The summed E-state index contributed by atoms with van der Waals surface area (Å²) < 4.78 is 5.40. The Morgan fingerprint density at radius 2 is 1.70 bits per heavy atom. The van der Waals surface area contributed by atoms with Crippen molar-refractivity contribution >= 4 is 29.5 Å². The molecule has 13 nitrogen and oxygen atoms in total. The van der Waals surface area contributed by atoms with Crippen LogP contribution in [0.25, 0.3) is 0 Å². The first kappa shape index (κ1) is 29.6. The van der Waals surface area contributed by atoms with E-state index in [1.165, 1.54) is 48.5 Å². The van der Waals surface area contributed by atoms with Crippen LogP contribution in [0.2, 0.25) is 0 Å². The van der Waals surface area contributed by atoms with E-state index in [4.69, 9.17) is 15.6 Å². The number of nitrogens with one attached hydrogen (secondary N) is 1. The van der Waals surface area contributed by atoms with Gasteiger partial charge in [0.1, 0.15) is 23.6 Å². The molecule has 0 spiro atoms. The minimum absolute atomic E-state index is 0. The van der Waals surface area contributed by atoms with Gasteiger partial charge in [0.15, 0.2) is 11.8 Å². The predicted octanol–water partition coefficient (Wildman–Crippen LogP) is -3.09. The Morgan fingerprint density at radius 3 is 2.22 bits per heavy atom. The van der Waals surface area contributed by atoms with Crippen molar-refractivity contribution in [1.82, 2.24) is 10.2 Å². The molecular weight excluding hydrogens is 499 g/mol. The van der Waals surface area contributed by atoms with Crippen LogP contribution in [0.15, 0.2) is 53.7 Å². The first-order chi connectivity index (χ1) is 17.1. The predicted molar refractivity (Wildman–Crippen MR) is 123 cm³/mol. The fourth-order valence-electron chi connectivity index (χ4n) is 3.50. The van der Waals surface area contributed by atoms with E-state index in [0.717, 1.165) is 4.90 Å². The zero-order valence-electron chi connectivity index (χ0n) is 19.8. The molecule has 0 saturated carbocycles. The van der Waals surface area contributed by atoms with Crippen molar-refractivity contribution in [3.63, 3.8) is 0 Å². The molecule has 1 heterocycles. The smallest absolute Gasteiger partial charge is 0.508 e. The molecule has 190 valence electrons. The van der Waals surface area contributed by atoms with Crippen LogP contribution in [0, 0.1) is 0 Å². The second-order valence-corrected chi connectivity index (χ2v) is 7.90. The molecule has 37 heavy (non-hydrogen) atoms. The number of carboxylic acids is 2. The van der Waals surface area contributed by atoms with Gasteiger partial charge >= 0.3 is 41.5 Å². The third-order valence-corrected chi connectivity index (χ3v) is 5.48. The molecule has 0 bridgehead atoms. The summed E-state index contributed by atoms with van der Waals surface area (Å²) >= 11 is 0. The number of carbonyl (C=O) groups excluding carboxylic acids is 2. The number of likely N-dealkylation sites (tertiary alicyclic amines) is 1. The maximum Gasteiger partial charge on any atom is 1.00 e. The number of phenols is 1. The summed E-state index contributed by atoms with van der Waals surface area (Å²) in [6.07, 6.45) is 0.0880. The van der Waals surface area contributed by atoms with Crippen molar-refractivity contribution in [2.24, 2.45) is 10.9 Å². The summed E-state index contributed by atoms with van der Waals surface area (Å²) in [5.74, 6) is -3.59. The second kappa shape index (κ2) is 13.1. The van der Waals surface area contributed by atoms with Crippen LogP contribution in [0.5, 0.6) is 11.5 Å². The van der Waals surface area contributed by atoms with Crippen molar-refractivity contribution in [2.75, 3.05) is 13.2 Å². The van der Waals surface area contributed by atoms with E-state index >= 15 is 0 Å². The standard InChI is InChI=1S/C23H24N4O9.Na/c24-16(22(31)32)9-10-36-15-7-3-12(4-8-15)18(26-35)20(29)25-17-11-27(21(17)30)19(23(33)34)13-1-5-14(28)6-2-13;/h1-8,16-17,19,28,35H,9-11,24H2,(H,25,29)(H,31,32)(H,33,34);/q;+1/b26-18-;/t16-,17+,19-;/m1./s1. The van der Waals surface area contributed by atoms with E-state index in [-0.39, 0.29) is 71.7 Å². The molecular formula is C23H24N4NaO9+. The zero-order valence-corrected chi connectivity index (χ0v) is 21.8. The maximum absolute atomic E-state index is 12.6. The van der Waals surface area contributed by atoms with E-state index in [2.05, 4.69) is 10.5 Å². The van der Waals surface area contributed by atoms with Crippen molar-refractivity contribution in [1.29, 1.82) is 0 Å². The fourth-order valence-corrected chi connectivity index (χ4v) is 3.50. The van der Waals surface area contributed by atoms with Gasteiger partial charge in [-0.2, -0.15) is 0 Å². The number of benzene rings is 2.